The summed E-state index contributed by atoms with van der Waals surface area (Å²) >= 11 is 0. The van der Waals surface area contributed by atoms with Crippen LogP contribution in [0, 0.1) is 5.92 Å². The quantitative estimate of drug-likeness (QED) is 0.617. The molecule has 2 fully saturated rings. The van der Waals surface area contributed by atoms with Crippen LogP contribution < -0.4 is 10.6 Å². The molecule has 2 rings (SSSR count). The maximum absolute atomic E-state index is 10.7. The lowest BCUT2D eigenvalue weighted by Gasteiger charge is -2.11. The van der Waals surface area contributed by atoms with Crippen molar-refractivity contribution < 1.29 is 9.53 Å². The van der Waals surface area contributed by atoms with E-state index in [1.807, 2.05) is 0 Å². The third-order valence-electron chi connectivity index (χ3n) is 2.51. The van der Waals surface area contributed by atoms with Gasteiger partial charge in [-0.3, -0.25) is 0 Å². The van der Waals surface area contributed by atoms with Gasteiger partial charge in [0.1, 0.15) is 6.10 Å². The second-order valence-corrected chi connectivity index (χ2v) is 3.50. The molecule has 2 heterocycles. The fourth-order valence-corrected chi connectivity index (χ4v) is 1.85. The molecule has 2 saturated heterocycles. The number of carbonyl (C=O) groups excluding carboxylic acids is 1. The first kappa shape index (κ1) is 7.86. The molecule has 0 aromatic heterocycles. The van der Waals surface area contributed by atoms with Crippen molar-refractivity contribution in [2.75, 3.05) is 19.6 Å². The summed E-state index contributed by atoms with van der Waals surface area (Å²) in [5.41, 5.74) is 0. The van der Waals surface area contributed by atoms with Crippen LogP contribution in [-0.2, 0) is 4.74 Å². The molecule has 4 nitrogen and oxygen atoms in total. The molecular formula is C8H14N2O2. The van der Waals surface area contributed by atoms with E-state index in [1.165, 1.54) is 6.42 Å². The van der Waals surface area contributed by atoms with E-state index < -0.39 is 0 Å². The van der Waals surface area contributed by atoms with E-state index in [4.69, 9.17) is 4.74 Å². The zero-order chi connectivity index (χ0) is 8.39. The van der Waals surface area contributed by atoms with Crippen LogP contribution in [0.25, 0.3) is 0 Å². The second-order valence-electron chi connectivity index (χ2n) is 3.50. The molecule has 12 heavy (non-hydrogen) atoms. The summed E-state index contributed by atoms with van der Waals surface area (Å²) in [5, 5.41) is 5.96. The molecule has 0 aromatic carbocycles. The van der Waals surface area contributed by atoms with E-state index >= 15 is 0 Å². The van der Waals surface area contributed by atoms with Crippen molar-refractivity contribution in [1.82, 2.24) is 10.6 Å². The molecule has 0 spiro atoms. The zero-order valence-corrected chi connectivity index (χ0v) is 7.01. The van der Waals surface area contributed by atoms with Crippen LogP contribution >= 0.6 is 0 Å². The van der Waals surface area contributed by atoms with E-state index in [0.29, 0.717) is 12.5 Å². The van der Waals surface area contributed by atoms with Crippen molar-refractivity contribution in [2.45, 2.75) is 18.9 Å². The molecule has 0 aromatic rings. The van der Waals surface area contributed by atoms with Crippen molar-refractivity contribution in [3.05, 3.63) is 0 Å². The lowest BCUT2D eigenvalue weighted by Crippen LogP contribution is -2.19. The van der Waals surface area contributed by atoms with Crippen molar-refractivity contribution in [2.24, 2.45) is 5.92 Å². The number of ether oxygens (including phenoxy) is 1. The van der Waals surface area contributed by atoms with Gasteiger partial charge in [-0.25, -0.2) is 4.79 Å². The first-order valence-corrected chi connectivity index (χ1v) is 4.50. The number of carbonyl (C=O) groups is 1. The Hall–Kier alpha value is -0.770. The summed E-state index contributed by atoms with van der Waals surface area (Å²) in [6, 6.07) is 0. The first-order chi connectivity index (χ1) is 5.84. The maximum Gasteiger partial charge on any atom is 0.407 e. The van der Waals surface area contributed by atoms with Crippen molar-refractivity contribution >= 4 is 6.09 Å². The van der Waals surface area contributed by atoms with Gasteiger partial charge < -0.3 is 15.4 Å². The third-order valence-corrected chi connectivity index (χ3v) is 2.51. The SMILES string of the molecule is O=C1NCC(CC2CCNC2)O1. The Bertz CT molecular complexity index is 178. The van der Waals surface area contributed by atoms with Gasteiger partial charge in [-0.1, -0.05) is 0 Å². The van der Waals surface area contributed by atoms with Gasteiger partial charge >= 0.3 is 6.09 Å². The molecule has 1 amide bonds. The highest BCUT2D eigenvalue weighted by Gasteiger charge is 2.26. The Labute approximate surface area is 71.7 Å². The molecule has 68 valence electrons. The van der Waals surface area contributed by atoms with Gasteiger partial charge in [-0.15, -0.1) is 0 Å². The number of hydrogen-bond acceptors (Lipinski definition) is 3. The molecular weight excluding hydrogens is 156 g/mol. The standard InChI is InChI=1S/C8H14N2O2/c11-8-10-5-7(12-8)3-6-1-2-9-4-6/h6-7,9H,1-5H2,(H,10,11). The van der Waals surface area contributed by atoms with Crippen molar-refractivity contribution in [1.29, 1.82) is 0 Å². The minimum Gasteiger partial charge on any atom is -0.444 e. The summed E-state index contributed by atoms with van der Waals surface area (Å²) < 4.78 is 5.05. The molecule has 2 aliphatic rings. The molecule has 0 aliphatic carbocycles. The second kappa shape index (κ2) is 3.31. The summed E-state index contributed by atoms with van der Waals surface area (Å²) in [5.74, 6) is 0.697. The molecule has 4 heteroatoms. The van der Waals surface area contributed by atoms with Crippen molar-refractivity contribution in [3.63, 3.8) is 0 Å². The van der Waals surface area contributed by atoms with E-state index in [1.54, 1.807) is 0 Å². The molecule has 2 N–H and O–H groups in total. The molecule has 0 bridgehead atoms. The fraction of sp³-hybridized carbons (Fsp3) is 0.875. The van der Waals surface area contributed by atoms with Gasteiger partial charge in [-0.05, 0) is 31.8 Å². The van der Waals surface area contributed by atoms with Crippen LogP contribution in [0.4, 0.5) is 4.79 Å². The predicted octanol–water partition coefficient (Wildman–Crippen LogP) is 0.0944. The number of amides is 1. The lowest BCUT2D eigenvalue weighted by molar-refractivity contribution is 0.127. The summed E-state index contributed by atoms with van der Waals surface area (Å²) in [6.45, 7) is 2.88. The Morgan fingerprint density at radius 2 is 2.42 bits per heavy atom. The van der Waals surface area contributed by atoms with Gasteiger partial charge in [0.2, 0.25) is 0 Å². The fourth-order valence-electron chi connectivity index (χ4n) is 1.85. The van der Waals surface area contributed by atoms with Crippen LogP contribution in [0.2, 0.25) is 0 Å². The lowest BCUT2D eigenvalue weighted by atomic mass is 10.0. The highest BCUT2D eigenvalue weighted by Crippen LogP contribution is 2.17. The van der Waals surface area contributed by atoms with E-state index in [2.05, 4.69) is 10.6 Å². The van der Waals surface area contributed by atoms with Gasteiger partial charge in [-0.2, -0.15) is 0 Å². The average Bonchev–Trinajstić information content (AvgIpc) is 2.63. The van der Waals surface area contributed by atoms with Crippen LogP contribution in [-0.4, -0.2) is 31.8 Å². The molecule has 2 atom stereocenters. The van der Waals surface area contributed by atoms with E-state index in [9.17, 15) is 4.79 Å². The summed E-state index contributed by atoms with van der Waals surface area (Å²) in [4.78, 5) is 10.7. The molecule has 2 unspecified atom stereocenters. The molecule has 2 aliphatic heterocycles. The predicted molar refractivity (Wildman–Crippen MR) is 43.9 cm³/mol. The molecule has 0 saturated carbocycles. The monoisotopic (exact) mass is 170 g/mol. The largest absolute Gasteiger partial charge is 0.444 e. The zero-order valence-electron chi connectivity index (χ0n) is 7.01. The average molecular weight is 170 g/mol. The van der Waals surface area contributed by atoms with Crippen LogP contribution in [0.1, 0.15) is 12.8 Å². The Balaban J connectivity index is 1.75. The Kier molecular flexibility index (Phi) is 2.17. The number of cyclic esters (lactones) is 1. The van der Waals surface area contributed by atoms with Gasteiger partial charge in [0.15, 0.2) is 0 Å². The third kappa shape index (κ3) is 1.69. The first-order valence-electron chi connectivity index (χ1n) is 4.50. The Morgan fingerprint density at radius 1 is 1.50 bits per heavy atom. The van der Waals surface area contributed by atoms with Crippen LogP contribution in [0.3, 0.4) is 0 Å². The van der Waals surface area contributed by atoms with E-state index in [-0.39, 0.29) is 12.2 Å². The minimum absolute atomic E-state index is 0.113. The van der Waals surface area contributed by atoms with Gasteiger partial charge in [0, 0.05) is 0 Å². The number of hydrogen-bond donors (Lipinski definition) is 2. The van der Waals surface area contributed by atoms with Gasteiger partial charge in [0.25, 0.3) is 0 Å². The topological polar surface area (TPSA) is 50.4 Å². The smallest absolute Gasteiger partial charge is 0.407 e. The highest BCUT2D eigenvalue weighted by atomic mass is 16.6. The minimum atomic E-state index is -0.258. The summed E-state index contributed by atoms with van der Waals surface area (Å²) in [6.07, 6.45) is 2.08. The molecule has 0 radical (unpaired) electrons. The van der Waals surface area contributed by atoms with Crippen LogP contribution in [0.5, 0.6) is 0 Å². The Morgan fingerprint density at radius 3 is 3.00 bits per heavy atom. The van der Waals surface area contributed by atoms with E-state index in [0.717, 1.165) is 19.5 Å². The van der Waals surface area contributed by atoms with Crippen LogP contribution in [0.15, 0.2) is 0 Å². The van der Waals surface area contributed by atoms with Crippen molar-refractivity contribution in [3.8, 4) is 0 Å². The number of rotatable bonds is 2. The maximum atomic E-state index is 10.7. The number of alkyl carbamates (subject to hydrolysis) is 1. The normalized spacial score (nSPS) is 34.8. The van der Waals surface area contributed by atoms with Gasteiger partial charge in [0.05, 0.1) is 6.54 Å². The highest BCUT2D eigenvalue weighted by molar-refractivity contribution is 5.69. The number of nitrogens with one attached hydrogen (secondary N) is 2. The summed E-state index contributed by atoms with van der Waals surface area (Å²) in [7, 11) is 0.